The Morgan fingerprint density at radius 1 is 0.944 bits per heavy atom. The van der Waals surface area contributed by atoms with Crippen LogP contribution in [0.4, 0.5) is 0 Å². The second-order valence-corrected chi connectivity index (χ2v) is 3.73. The maximum Gasteiger partial charge on any atom is 0.262 e. The van der Waals surface area contributed by atoms with Crippen LogP contribution < -0.4 is 11.5 Å². The highest BCUT2D eigenvalue weighted by Gasteiger charge is 2.44. The van der Waals surface area contributed by atoms with Crippen molar-refractivity contribution in [2.45, 2.75) is 6.04 Å². The van der Waals surface area contributed by atoms with Crippen LogP contribution in [0.2, 0.25) is 0 Å². The van der Waals surface area contributed by atoms with Crippen LogP contribution in [-0.2, 0) is 9.59 Å². The molecule has 4 N–H and O–H groups in total. The number of fused-ring (bicyclic) bond motifs is 1. The Morgan fingerprint density at radius 3 is 1.67 bits per heavy atom. The average Bonchev–Trinajstić information content (AvgIpc) is 2.55. The maximum absolute atomic E-state index is 11.9. The summed E-state index contributed by atoms with van der Waals surface area (Å²) >= 11 is 0. The second kappa shape index (κ2) is 3.95. The summed E-state index contributed by atoms with van der Waals surface area (Å²) in [4.78, 5) is 46.7. The van der Waals surface area contributed by atoms with E-state index in [2.05, 4.69) is 0 Å². The first kappa shape index (κ1) is 11.8. The fourth-order valence-corrected chi connectivity index (χ4v) is 1.84. The lowest BCUT2D eigenvalue weighted by Crippen LogP contribution is -2.54. The summed E-state index contributed by atoms with van der Waals surface area (Å²) in [6.07, 6.45) is 0. The SMILES string of the molecule is NC(=O)C(C(N)=O)N1C(=O)c2ccccc2C1=O. The second-order valence-electron chi connectivity index (χ2n) is 3.73. The fraction of sp³-hybridized carbons (Fsp3) is 0.0909. The molecule has 0 atom stereocenters. The Kier molecular flexibility index (Phi) is 2.59. The van der Waals surface area contributed by atoms with Gasteiger partial charge >= 0.3 is 0 Å². The third-order valence-electron chi connectivity index (χ3n) is 2.62. The molecule has 0 spiro atoms. The van der Waals surface area contributed by atoms with E-state index in [1.165, 1.54) is 12.1 Å². The van der Waals surface area contributed by atoms with Crippen molar-refractivity contribution in [2.75, 3.05) is 0 Å². The van der Waals surface area contributed by atoms with Crippen molar-refractivity contribution in [3.63, 3.8) is 0 Å². The molecule has 1 heterocycles. The largest absolute Gasteiger partial charge is 0.367 e. The molecule has 0 fully saturated rings. The van der Waals surface area contributed by atoms with Gasteiger partial charge in [0.1, 0.15) is 0 Å². The molecule has 1 aliphatic heterocycles. The molecular weight excluding hydrogens is 238 g/mol. The van der Waals surface area contributed by atoms with Crippen molar-refractivity contribution in [3.8, 4) is 0 Å². The molecule has 1 aromatic carbocycles. The first-order chi connectivity index (χ1) is 8.45. The Labute approximate surface area is 101 Å². The smallest absolute Gasteiger partial charge is 0.262 e. The molecule has 18 heavy (non-hydrogen) atoms. The summed E-state index contributed by atoms with van der Waals surface area (Å²) in [5.41, 5.74) is 10.2. The van der Waals surface area contributed by atoms with Crippen molar-refractivity contribution < 1.29 is 19.2 Å². The standard InChI is InChI=1S/C11H9N3O4/c12-8(15)7(9(13)16)14-10(17)5-3-1-2-4-6(5)11(14)18/h1-4,7H,(H2,12,15)(H2,13,16). The molecule has 1 aromatic rings. The Hall–Kier alpha value is -2.70. The summed E-state index contributed by atoms with van der Waals surface area (Å²) in [6, 6.07) is 4.22. The van der Waals surface area contributed by atoms with Gasteiger partial charge in [-0.2, -0.15) is 0 Å². The molecule has 0 saturated carbocycles. The Bertz CT molecular complexity index is 532. The zero-order valence-corrected chi connectivity index (χ0v) is 9.12. The number of imide groups is 1. The van der Waals surface area contributed by atoms with E-state index in [9.17, 15) is 19.2 Å². The van der Waals surface area contributed by atoms with E-state index in [0.717, 1.165) is 0 Å². The molecule has 1 aliphatic rings. The van der Waals surface area contributed by atoms with E-state index < -0.39 is 29.7 Å². The first-order valence-electron chi connectivity index (χ1n) is 5.00. The highest BCUT2D eigenvalue weighted by molar-refractivity contribution is 6.25. The summed E-state index contributed by atoms with van der Waals surface area (Å²) in [7, 11) is 0. The van der Waals surface area contributed by atoms with Crippen LogP contribution in [0.25, 0.3) is 0 Å². The van der Waals surface area contributed by atoms with Crippen LogP contribution in [0.3, 0.4) is 0 Å². The van der Waals surface area contributed by atoms with Gasteiger partial charge in [0, 0.05) is 0 Å². The summed E-state index contributed by atoms with van der Waals surface area (Å²) in [6.45, 7) is 0. The zero-order chi connectivity index (χ0) is 13.4. The first-order valence-corrected chi connectivity index (χ1v) is 5.00. The van der Waals surface area contributed by atoms with E-state index in [1.54, 1.807) is 12.1 Å². The molecule has 0 aliphatic carbocycles. The van der Waals surface area contributed by atoms with Gasteiger partial charge in [0.2, 0.25) is 0 Å². The molecule has 0 bridgehead atoms. The summed E-state index contributed by atoms with van der Waals surface area (Å²) < 4.78 is 0. The van der Waals surface area contributed by atoms with Crippen molar-refractivity contribution in [2.24, 2.45) is 11.5 Å². The number of nitrogens with zero attached hydrogens (tertiary/aromatic N) is 1. The molecule has 7 nitrogen and oxygen atoms in total. The van der Waals surface area contributed by atoms with Crippen LogP contribution in [0.15, 0.2) is 24.3 Å². The number of carbonyl (C=O) groups excluding carboxylic acids is 4. The van der Waals surface area contributed by atoms with Gasteiger partial charge < -0.3 is 11.5 Å². The minimum Gasteiger partial charge on any atom is -0.367 e. The van der Waals surface area contributed by atoms with Gasteiger partial charge in [-0.25, -0.2) is 0 Å². The van der Waals surface area contributed by atoms with Gasteiger partial charge in [-0.3, -0.25) is 24.1 Å². The number of rotatable bonds is 3. The number of hydrogen-bond acceptors (Lipinski definition) is 4. The lowest BCUT2D eigenvalue weighted by atomic mass is 10.1. The molecule has 0 unspecified atom stereocenters. The predicted molar refractivity (Wildman–Crippen MR) is 59.1 cm³/mol. The number of primary amides is 2. The Morgan fingerprint density at radius 2 is 1.33 bits per heavy atom. The number of nitrogens with two attached hydrogens (primary N) is 2. The molecule has 0 saturated heterocycles. The third-order valence-corrected chi connectivity index (χ3v) is 2.62. The monoisotopic (exact) mass is 247 g/mol. The fourth-order valence-electron chi connectivity index (χ4n) is 1.84. The van der Waals surface area contributed by atoms with Gasteiger partial charge in [-0.15, -0.1) is 0 Å². The lowest BCUT2D eigenvalue weighted by Gasteiger charge is -2.20. The third kappa shape index (κ3) is 1.53. The van der Waals surface area contributed by atoms with Gasteiger partial charge in [0.05, 0.1) is 11.1 Å². The van der Waals surface area contributed by atoms with E-state index in [0.29, 0.717) is 4.90 Å². The normalized spacial score (nSPS) is 13.9. The van der Waals surface area contributed by atoms with E-state index in [-0.39, 0.29) is 11.1 Å². The highest BCUT2D eigenvalue weighted by atomic mass is 16.2. The van der Waals surface area contributed by atoms with Crippen molar-refractivity contribution in [1.29, 1.82) is 0 Å². The molecule has 7 heteroatoms. The number of carbonyl (C=O) groups is 4. The van der Waals surface area contributed by atoms with E-state index in [1.807, 2.05) is 0 Å². The van der Waals surface area contributed by atoms with E-state index >= 15 is 0 Å². The van der Waals surface area contributed by atoms with Crippen molar-refractivity contribution >= 4 is 23.6 Å². The van der Waals surface area contributed by atoms with Gasteiger partial charge in [-0.1, -0.05) is 12.1 Å². The van der Waals surface area contributed by atoms with Crippen molar-refractivity contribution in [3.05, 3.63) is 35.4 Å². The molecular formula is C11H9N3O4. The summed E-state index contributed by atoms with van der Waals surface area (Å²) in [5, 5.41) is 0. The van der Waals surface area contributed by atoms with Crippen molar-refractivity contribution in [1.82, 2.24) is 4.90 Å². The van der Waals surface area contributed by atoms with Crippen LogP contribution in [0, 0.1) is 0 Å². The molecule has 4 amide bonds. The zero-order valence-electron chi connectivity index (χ0n) is 9.12. The van der Waals surface area contributed by atoms with Gasteiger partial charge in [-0.05, 0) is 12.1 Å². The Balaban J connectivity index is 2.51. The van der Waals surface area contributed by atoms with Crippen LogP contribution >= 0.6 is 0 Å². The predicted octanol–water partition coefficient (Wildman–Crippen LogP) is -1.38. The number of benzene rings is 1. The minimum atomic E-state index is -1.77. The maximum atomic E-state index is 11.9. The number of amides is 4. The molecule has 0 aromatic heterocycles. The topological polar surface area (TPSA) is 124 Å². The van der Waals surface area contributed by atoms with Crippen LogP contribution in [-0.4, -0.2) is 34.6 Å². The lowest BCUT2D eigenvalue weighted by molar-refractivity contribution is -0.131. The van der Waals surface area contributed by atoms with E-state index in [4.69, 9.17) is 11.5 Å². The molecule has 0 radical (unpaired) electrons. The minimum absolute atomic E-state index is 0.120. The average molecular weight is 247 g/mol. The molecule has 92 valence electrons. The summed E-state index contributed by atoms with van der Waals surface area (Å²) in [5.74, 6) is -3.79. The van der Waals surface area contributed by atoms with Gasteiger partial charge in [0.25, 0.3) is 23.6 Å². The quantitative estimate of drug-likeness (QED) is 0.504. The van der Waals surface area contributed by atoms with Crippen LogP contribution in [0.1, 0.15) is 20.7 Å². The highest BCUT2D eigenvalue weighted by Crippen LogP contribution is 2.24. The van der Waals surface area contributed by atoms with Gasteiger partial charge in [0.15, 0.2) is 6.04 Å². The number of hydrogen-bond donors (Lipinski definition) is 2. The molecule has 2 rings (SSSR count). The van der Waals surface area contributed by atoms with Crippen LogP contribution in [0.5, 0.6) is 0 Å².